The molecule has 0 bridgehead atoms. The molecule has 2 aromatic rings. The van der Waals surface area contributed by atoms with E-state index in [1.165, 1.54) is 16.0 Å². The number of nitrogens with one attached hydrogen (secondary N) is 1. The summed E-state index contributed by atoms with van der Waals surface area (Å²) < 4.78 is 0. The van der Waals surface area contributed by atoms with E-state index in [2.05, 4.69) is 28.9 Å². The molecular formula is C27H37N3O3. The smallest absolute Gasteiger partial charge is 0.229 e. The Morgan fingerprint density at radius 3 is 2.61 bits per heavy atom. The van der Waals surface area contributed by atoms with E-state index in [9.17, 15) is 14.4 Å². The minimum absolute atomic E-state index is 0.0212. The first-order chi connectivity index (χ1) is 15.8. The van der Waals surface area contributed by atoms with Gasteiger partial charge in [-0.2, -0.15) is 0 Å². The first kappa shape index (κ1) is 23.7. The number of likely N-dealkylation sites (tertiary alicyclic amines) is 1. The Morgan fingerprint density at radius 2 is 1.91 bits per heavy atom. The molecule has 0 spiro atoms. The maximum atomic E-state index is 12.4. The number of nitrogens with zero attached hydrogens (tertiary/aromatic N) is 2. The monoisotopic (exact) mass is 451 g/mol. The number of aromatic nitrogens is 1. The summed E-state index contributed by atoms with van der Waals surface area (Å²) in [7, 11) is 0. The number of H-pyrrole nitrogens is 1. The van der Waals surface area contributed by atoms with Crippen molar-refractivity contribution in [2.24, 2.45) is 5.41 Å². The lowest BCUT2D eigenvalue weighted by Gasteiger charge is -2.36. The second-order valence-corrected chi connectivity index (χ2v) is 10.6. The van der Waals surface area contributed by atoms with Gasteiger partial charge in [0.2, 0.25) is 11.8 Å². The molecule has 1 aromatic carbocycles. The fourth-order valence-electron chi connectivity index (χ4n) is 5.71. The summed E-state index contributed by atoms with van der Waals surface area (Å²) in [5, 5.41) is 1.09. The number of carbonyl (C=O) groups excluding carboxylic acids is 3. The zero-order valence-electron chi connectivity index (χ0n) is 20.3. The van der Waals surface area contributed by atoms with Crippen LogP contribution in [-0.4, -0.2) is 58.6 Å². The van der Waals surface area contributed by atoms with Crippen LogP contribution < -0.4 is 0 Å². The van der Waals surface area contributed by atoms with Gasteiger partial charge >= 0.3 is 0 Å². The van der Waals surface area contributed by atoms with E-state index in [0.29, 0.717) is 25.4 Å². The van der Waals surface area contributed by atoms with Crippen molar-refractivity contribution >= 4 is 29.0 Å². The van der Waals surface area contributed by atoms with Crippen LogP contribution in [0.25, 0.3) is 10.9 Å². The van der Waals surface area contributed by atoms with Crippen LogP contribution in [0.2, 0.25) is 0 Å². The van der Waals surface area contributed by atoms with Gasteiger partial charge in [-0.15, -0.1) is 0 Å². The lowest BCUT2D eigenvalue weighted by molar-refractivity contribution is -0.152. The van der Waals surface area contributed by atoms with Gasteiger partial charge in [-0.1, -0.05) is 26.8 Å². The normalized spacial score (nSPS) is 20.5. The summed E-state index contributed by atoms with van der Waals surface area (Å²) in [6.07, 6.45) is 9.71. The summed E-state index contributed by atoms with van der Waals surface area (Å²) in [6, 6.07) is 4.75. The molecule has 0 unspecified atom stereocenters. The lowest BCUT2D eigenvalue weighted by atomic mass is 9.81. The second-order valence-electron chi connectivity index (χ2n) is 10.6. The largest absolute Gasteiger partial charge is 0.360 e. The highest BCUT2D eigenvalue weighted by molar-refractivity contribution is 6.00. The van der Waals surface area contributed by atoms with E-state index in [-0.39, 0.29) is 17.2 Å². The number of amides is 2. The maximum Gasteiger partial charge on any atom is 0.229 e. The standard InChI is InChI=1S/C27H37N3O3/c1-4-11-29(12-5-6-13-30-24(32)15-27(2,3)16-25(30)33)21-9-7-19-8-10-23-26(22(19)14-21)20(18-31)17-28-23/h8,10,17-18,21,28H,4-7,9,11-16H2,1-3H3/t21-/m0/s1. The van der Waals surface area contributed by atoms with E-state index in [1.54, 1.807) is 0 Å². The van der Waals surface area contributed by atoms with Crippen LogP contribution in [0.3, 0.4) is 0 Å². The van der Waals surface area contributed by atoms with Crippen molar-refractivity contribution in [1.82, 2.24) is 14.8 Å². The number of fused-ring (bicyclic) bond motifs is 3. The van der Waals surface area contributed by atoms with Crippen LogP contribution in [-0.2, 0) is 22.4 Å². The highest BCUT2D eigenvalue weighted by Crippen LogP contribution is 2.33. The molecule has 1 saturated heterocycles. The summed E-state index contributed by atoms with van der Waals surface area (Å²) in [5.74, 6) is -0.0425. The Morgan fingerprint density at radius 1 is 1.15 bits per heavy atom. The number of piperidine rings is 1. The number of hydrogen-bond acceptors (Lipinski definition) is 4. The highest BCUT2D eigenvalue weighted by atomic mass is 16.2. The number of aldehydes is 1. The van der Waals surface area contributed by atoms with Gasteiger partial charge in [0.05, 0.1) is 0 Å². The van der Waals surface area contributed by atoms with Gasteiger partial charge < -0.3 is 9.88 Å². The SMILES string of the molecule is CCCN(CCCCN1C(=O)CC(C)(C)CC1=O)[C@H]1CCc2ccc3[nH]cc(C=O)c3c2C1. The van der Waals surface area contributed by atoms with Crippen molar-refractivity contribution in [1.29, 1.82) is 0 Å². The van der Waals surface area contributed by atoms with E-state index in [1.807, 2.05) is 20.0 Å². The van der Waals surface area contributed by atoms with Gasteiger partial charge in [-0.25, -0.2) is 0 Å². The van der Waals surface area contributed by atoms with Crippen molar-refractivity contribution in [3.63, 3.8) is 0 Å². The molecule has 2 aliphatic rings. The fourth-order valence-corrected chi connectivity index (χ4v) is 5.71. The van der Waals surface area contributed by atoms with Crippen LogP contribution >= 0.6 is 0 Å². The fraction of sp³-hybridized carbons (Fsp3) is 0.593. The molecule has 6 heteroatoms. The van der Waals surface area contributed by atoms with Crippen molar-refractivity contribution in [2.45, 2.75) is 78.2 Å². The molecule has 178 valence electrons. The van der Waals surface area contributed by atoms with Crippen molar-refractivity contribution in [3.05, 3.63) is 35.0 Å². The molecule has 4 rings (SSSR count). The van der Waals surface area contributed by atoms with Crippen molar-refractivity contribution < 1.29 is 14.4 Å². The van der Waals surface area contributed by atoms with E-state index < -0.39 is 0 Å². The zero-order chi connectivity index (χ0) is 23.6. The Balaban J connectivity index is 1.38. The molecule has 33 heavy (non-hydrogen) atoms. The highest BCUT2D eigenvalue weighted by Gasteiger charge is 2.37. The van der Waals surface area contributed by atoms with Crippen LogP contribution in [0, 0.1) is 5.41 Å². The molecular weight excluding hydrogens is 414 g/mol. The van der Waals surface area contributed by atoms with Gasteiger partial charge in [0, 0.05) is 48.1 Å². The molecule has 1 fully saturated rings. The number of imide groups is 1. The minimum atomic E-state index is -0.214. The molecule has 1 aromatic heterocycles. The number of carbonyl (C=O) groups is 3. The van der Waals surface area contributed by atoms with Gasteiger partial charge in [-0.3, -0.25) is 19.3 Å². The molecule has 2 amide bonds. The third-order valence-electron chi connectivity index (χ3n) is 7.36. The average molecular weight is 452 g/mol. The number of aromatic amines is 1. The molecule has 2 heterocycles. The molecule has 0 saturated carbocycles. The van der Waals surface area contributed by atoms with Crippen LogP contribution in [0.15, 0.2) is 18.3 Å². The molecule has 6 nitrogen and oxygen atoms in total. The third kappa shape index (κ3) is 5.06. The Labute approximate surface area is 196 Å². The van der Waals surface area contributed by atoms with E-state index in [0.717, 1.165) is 74.4 Å². The number of rotatable bonds is 9. The molecule has 1 N–H and O–H groups in total. The zero-order valence-corrected chi connectivity index (χ0v) is 20.3. The van der Waals surface area contributed by atoms with E-state index >= 15 is 0 Å². The van der Waals surface area contributed by atoms with E-state index in [4.69, 9.17) is 0 Å². The number of unbranched alkanes of at least 4 members (excludes halogenated alkanes) is 1. The predicted molar refractivity (Wildman–Crippen MR) is 130 cm³/mol. The molecule has 1 aliphatic heterocycles. The van der Waals surface area contributed by atoms with Gasteiger partial charge in [0.25, 0.3) is 0 Å². The Bertz CT molecular complexity index is 1020. The van der Waals surface area contributed by atoms with Gasteiger partial charge in [-0.05, 0) is 74.2 Å². The van der Waals surface area contributed by atoms with Crippen LogP contribution in [0.4, 0.5) is 0 Å². The maximum absolute atomic E-state index is 12.4. The number of benzene rings is 1. The second kappa shape index (κ2) is 9.80. The summed E-state index contributed by atoms with van der Waals surface area (Å²) in [6.45, 7) is 8.74. The predicted octanol–water partition coefficient (Wildman–Crippen LogP) is 4.51. The quantitative estimate of drug-likeness (QED) is 0.346. The number of hydrogen-bond donors (Lipinski definition) is 1. The first-order valence-corrected chi connectivity index (χ1v) is 12.5. The van der Waals surface area contributed by atoms with Crippen molar-refractivity contribution in [2.75, 3.05) is 19.6 Å². The summed E-state index contributed by atoms with van der Waals surface area (Å²) in [4.78, 5) is 43.7. The molecule has 1 atom stereocenters. The third-order valence-corrected chi connectivity index (χ3v) is 7.36. The summed E-state index contributed by atoms with van der Waals surface area (Å²) in [5.41, 5.74) is 4.26. The Kier molecular flexibility index (Phi) is 7.03. The van der Waals surface area contributed by atoms with Crippen LogP contribution in [0.1, 0.15) is 80.8 Å². The van der Waals surface area contributed by atoms with Gasteiger partial charge in [0.15, 0.2) is 6.29 Å². The molecule has 1 aliphatic carbocycles. The van der Waals surface area contributed by atoms with Gasteiger partial charge in [0.1, 0.15) is 0 Å². The molecule has 0 radical (unpaired) electrons. The average Bonchev–Trinajstić information content (AvgIpc) is 3.20. The van der Waals surface area contributed by atoms with Crippen LogP contribution in [0.5, 0.6) is 0 Å². The first-order valence-electron chi connectivity index (χ1n) is 12.5. The Hall–Kier alpha value is -2.47. The van der Waals surface area contributed by atoms with Crippen molar-refractivity contribution in [3.8, 4) is 0 Å². The minimum Gasteiger partial charge on any atom is -0.360 e. The number of aryl methyl sites for hydroxylation is 1. The topological polar surface area (TPSA) is 73.5 Å². The lowest BCUT2D eigenvalue weighted by Crippen LogP contribution is -2.46. The summed E-state index contributed by atoms with van der Waals surface area (Å²) >= 11 is 0.